The van der Waals surface area contributed by atoms with E-state index in [9.17, 15) is 13.2 Å². The van der Waals surface area contributed by atoms with E-state index >= 15 is 0 Å². The molecule has 0 amide bonds. The van der Waals surface area contributed by atoms with Gasteiger partial charge in [-0.05, 0) is 31.5 Å². The van der Waals surface area contributed by atoms with Crippen LogP contribution in [0.3, 0.4) is 0 Å². The SMILES string of the molecule is C[C@@H]1CN(c2ccc(CO)cc2C(F)(F)F)C[C@H](C)O1. The molecule has 1 aromatic rings. The number of halogens is 3. The summed E-state index contributed by atoms with van der Waals surface area (Å²) in [4.78, 5) is 1.70. The molecular weight excluding hydrogens is 271 g/mol. The third kappa shape index (κ3) is 3.24. The molecule has 1 heterocycles. The third-order valence-corrected chi connectivity index (χ3v) is 3.31. The standard InChI is InChI=1S/C14H18F3NO2/c1-9-6-18(7-10(2)20-9)13-4-3-11(8-19)5-12(13)14(15,16)17/h3-5,9-10,19H,6-8H2,1-2H3/t9-,10+. The molecule has 6 heteroatoms. The van der Waals surface area contributed by atoms with Crippen molar-refractivity contribution in [3.8, 4) is 0 Å². The van der Waals surface area contributed by atoms with Gasteiger partial charge in [0, 0.05) is 18.8 Å². The van der Waals surface area contributed by atoms with Gasteiger partial charge in [-0.1, -0.05) is 6.07 Å². The Kier molecular flexibility index (Phi) is 4.25. The van der Waals surface area contributed by atoms with Gasteiger partial charge in [0.2, 0.25) is 0 Å². The zero-order valence-electron chi connectivity index (χ0n) is 11.4. The number of hydrogen-bond donors (Lipinski definition) is 1. The molecule has 1 N–H and O–H groups in total. The largest absolute Gasteiger partial charge is 0.418 e. The molecule has 0 aromatic heterocycles. The fourth-order valence-corrected chi connectivity index (χ4v) is 2.56. The number of aliphatic hydroxyl groups is 1. The summed E-state index contributed by atoms with van der Waals surface area (Å²) in [6, 6.07) is 3.97. The first kappa shape index (κ1) is 15.1. The minimum atomic E-state index is -4.44. The van der Waals surface area contributed by atoms with Crippen molar-refractivity contribution in [1.29, 1.82) is 0 Å². The van der Waals surface area contributed by atoms with E-state index in [2.05, 4.69) is 0 Å². The Bertz CT molecular complexity index is 466. The normalized spacial score (nSPS) is 24.0. The Hall–Kier alpha value is -1.27. The smallest absolute Gasteiger partial charge is 0.392 e. The number of benzene rings is 1. The van der Waals surface area contributed by atoms with Gasteiger partial charge in [-0.15, -0.1) is 0 Å². The molecule has 2 rings (SSSR count). The van der Waals surface area contributed by atoms with Crippen LogP contribution in [0.2, 0.25) is 0 Å². The van der Waals surface area contributed by atoms with E-state index in [0.29, 0.717) is 13.1 Å². The summed E-state index contributed by atoms with van der Waals surface area (Å²) in [6.45, 7) is 4.13. The Labute approximate surface area is 116 Å². The van der Waals surface area contributed by atoms with Crippen LogP contribution in [-0.2, 0) is 17.5 Å². The number of rotatable bonds is 2. The van der Waals surface area contributed by atoms with Crippen molar-refractivity contribution in [3.63, 3.8) is 0 Å². The minimum absolute atomic E-state index is 0.114. The first-order chi connectivity index (χ1) is 9.31. The van der Waals surface area contributed by atoms with Crippen molar-refractivity contribution < 1.29 is 23.0 Å². The first-order valence-corrected chi connectivity index (χ1v) is 6.52. The van der Waals surface area contributed by atoms with Gasteiger partial charge in [0.15, 0.2) is 0 Å². The van der Waals surface area contributed by atoms with Crippen molar-refractivity contribution in [3.05, 3.63) is 29.3 Å². The van der Waals surface area contributed by atoms with Gasteiger partial charge in [0.05, 0.1) is 24.4 Å². The molecule has 0 spiro atoms. The van der Waals surface area contributed by atoms with Crippen LogP contribution >= 0.6 is 0 Å². The number of morpholine rings is 1. The van der Waals surface area contributed by atoms with Crippen LogP contribution in [0.4, 0.5) is 18.9 Å². The molecule has 0 unspecified atom stereocenters. The second-order valence-electron chi connectivity index (χ2n) is 5.17. The minimum Gasteiger partial charge on any atom is -0.392 e. The van der Waals surface area contributed by atoms with Crippen LogP contribution in [0.25, 0.3) is 0 Å². The molecule has 112 valence electrons. The average molecular weight is 289 g/mol. The highest BCUT2D eigenvalue weighted by molar-refractivity contribution is 5.57. The number of nitrogens with zero attached hydrogens (tertiary/aromatic N) is 1. The highest BCUT2D eigenvalue weighted by Gasteiger charge is 2.36. The molecule has 20 heavy (non-hydrogen) atoms. The second-order valence-corrected chi connectivity index (χ2v) is 5.17. The van der Waals surface area contributed by atoms with Crippen molar-refractivity contribution in [2.24, 2.45) is 0 Å². The number of ether oxygens (including phenoxy) is 1. The first-order valence-electron chi connectivity index (χ1n) is 6.52. The molecule has 1 fully saturated rings. The summed E-state index contributed by atoms with van der Waals surface area (Å²) in [7, 11) is 0. The molecule has 0 bridgehead atoms. The Morgan fingerprint density at radius 2 is 1.85 bits per heavy atom. The number of hydrogen-bond acceptors (Lipinski definition) is 3. The lowest BCUT2D eigenvalue weighted by atomic mass is 10.1. The van der Waals surface area contributed by atoms with Crippen LogP contribution in [0.5, 0.6) is 0 Å². The number of anilines is 1. The van der Waals surface area contributed by atoms with E-state index in [1.807, 2.05) is 13.8 Å². The van der Waals surface area contributed by atoms with Crippen LogP contribution in [0.1, 0.15) is 25.0 Å². The lowest BCUT2D eigenvalue weighted by molar-refractivity contribution is -0.137. The molecule has 2 atom stereocenters. The Balaban J connectivity index is 2.40. The van der Waals surface area contributed by atoms with Gasteiger partial charge in [-0.3, -0.25) is 0 Å². The highest BCUT2D eigenvalue weighted by Crippen LogP contribution is 2.38. The predicted octanol–water partition coefficient (Wildman–Crippen LogP) is 2.81. The third-order valence-electron chi connectivity index (χ3n) is 3.31. The van der Waals surface area contributed by atoms with Crippen LogP contribution in [0.15, 0.2) is 18.2 Å². The molecule has 1 aliphatic heterocycles. The van der Waals surface area contributed by atoms with Gasteiger partial charge in [0.25, 0.3) is 0 Å². The Morgan fingerprint density at radius 3 is 2.35 bits per heavy atom. The maximum atomic E-state index is 13.2. The maximum Gasteiger partial charge on any atom is 0.418 e. The van der Waals surface area contributed by atoms with Crippen LogP contribution < -0.4 is 4.90 Å². The molecule has 1 aromatic carbocycles. The van der Waals surface area contributed by atoms with Crippen molar-refractivity contribution in [1.82, 2.24) is 0 Å². The fourth-order valence-electron chi connectivity index (χ4n) is 2.56. The van der Waals surface area contributed by atoms with E-state index in [-0.39, 0.29) is 23.5 Å². The second kappa shape index (κ2) is 5.61. The molecular formula is C14H18F3NO2. The summed E-state index contributed by atoms with van der Waals surface area (Å²) in [6.07, 6.45) is -4.67. The van der Waals surface area contributed by atoms with Crippen molar-refractivity contribution >= 4 is 5.69 Å². The lowest BCUT2D eigenvalue weighted by Gasteiger charge is -2.38. The van der Waals surface area contributed by atoms with Gasteiger partial charge < -0.3 is 14.7 Å². The maximum absolute atomic E-state index is 13.2. The summed E-state index contributed by atoms with van der Waals surface area (Å²) < 4.78 is 45.1. The van der Waals surface area contributed by atoms with E-state index in [1.54, 1.807) is 4.90 Å². The molecule has 3 nitrogen and oxygen atoms in total. The zero-order valence-corrected chi connectivity index (χ0v) is 11.4. The van der Waals surface area contributed by atoms with Crippen molar-refractivity contribution in [2.45, 2.75) is 38.8 Å². The van der Waals surface area contributed by atoms with Crippen LogP contribution in [0, 0.1) is 0 Å². The lowest BCUT2D eigenvalue weighted by Crippen LogP contribution is -2.46. The summed E-state index contributed by atoms with van der Waals surface area (Å²) in [5, 5.41) is 9.01. The van der Waals surface area contributed by atoms with E-state index < -0.39 is 18.3 Å². The van der Waals surface area contributed by atoms with E-state index in [4.69, 9.17) is 9.84 Å². The molecule has 1 aliphatic rings. The fraction of sp³-hybridized carbons (Fsp3) is 0.571. The molecule has 0 aliphatic carbocycles. The topological polar surface area (TPSA) is 32.7 Å². The van der Waals surface area contributed by atoms with Gasteiger partial charge >= 0.3 is 6.18 Å². The van der Waals surface area contributed by atoms with E-state index in [0.717, 1.165) is 6.07 Å². The zero-order chi connectivity index (χ0) is 14.9. The number of alkyl halides is 3. The van der Waals surface area contributed by atoms with Gasteiger partial charge in [-0.2, -0.15) is 13.2 Å². The van der Waals surface area contributed by atoms with E-state index in [1.165, 1.54) is 12.1 Å². The molecule has 1 saturated heterocycles. The Morgan fingerprint density at radius 1 is 1.25 bits per heavy atom. The summed E-state index contributed by atoms with van der Waals surface area (Å²) in [5.41, 5.74) is -0.294. The van der Waals surface area contributed by atoms with Gasteiger partial charge in [-0.25, -0.2) is 0 Å². The highest BCUT2D eigenvalue weighted by atomic mass is 19.4. The molecule has 0 radical (unpaired) electrons. The van der Waals surface area contributed by atoms with Crippen molar-refractivity contribution in [2.75, 3.05) is 18.0 Å². The molecule has 0 saturated carbocycles. The average Bonchev–Trinajstić information content (AvgIpc) is 2.35. The van der Waals surface area contributed by atoms with Crippen LogP contribution in [-0.4, -0.2) is 30.4 Å². The summed E-state index contributed by atoms with van der Waals surface area (Å²) >= 11 is 0. The predicted molar refractivity (Wildman–Crippen MR) is 69.6 cm³/mol. The number of aliphatic hydroxyl groups excluding tert-OH is 1. The monoisotopic (exact) mass is 289 g/mol. The van der Waals surface area contributed by atoms with Gasteiger partial charge in [0.1, 0.15) is 0 Å². The quantitative estimate of drug-likeness (QED) is 0.908. The summed E-state index contributed by atoms with van der Waals surface area (Å²) in [5.74, 6) is 0.